The van der Waals surface area contributed by atoms with Crippen molar-refractivity contribution in [2.45, 2.75) is 39.7 Å². The molecule has 1 aromatic heterocycles. The Morgan fingerprint density at radius 2 is 2.17 bits per heavy atom. The van der Waals surface area contributed by atoms with Crippen LogP contribution >= 0.6 is 0 Å². The topological polar surface area (TPSA) is 52.0 Å². The number of nitriles is 1. The number of nitrogens with one attached hydrogen (secondary N) is 1. The molecule has 2 aromatic rings. The second-order valence-corrected chi connectivity index (χ2v) is 7.13. The van der Waals surface area contributed by atoms with Crippen molar-refractivity contribution in [3.63, 3.8) is 0 Å². The first-order valence-electron chi connectivity index (χ1n) is 8.88. The lowest BCUT2D eigenvalue weighted by molar-refractivity contribution is 0.166. The minimum atomic E-state index is 0.179. The van der Waals surface area contributed by atoms with Crippen molar-refractivity contribution in [3.05, 3.63) is 29.5 Å². The fourth-order valence-electron chi connectivity index (χ4n) is 3.94. The van der Waals surface area contributed by atoms with E-state index in [2.05, 4.69) is 35.0 Å². The molecule has 1 N–H and O–H groups in total. The number of aromatic amines is 1. The summed E-state index contributed by atoms with van der Waals surface area (Å²) in [6, 6.07) is 6.66. The lowest BCUT2D eigenvalue weighted by Gasteiger charge is -2.33. The number of aromatic nitrogens is 1. The molecule has 4 nitrogen and oxygen atoms in total. The molecule has 1 unspecified atom stereocenters. The lowest BCUT2D eigenvalue weighted by atomic mass is 9.88. The van der Waals surface area contributed by atoms with Crippen LogP contribution in [0.4, 0.5) is 0 Å². The number of fused-ring (bicyclic) bond motifs is 1. The maximum absolute atomic E-state index is 9.00. The highest BCUT2D eigenvalue weighted by atomic mass is 16.5. The molecule has 0 radical (unpaired) electrons. The molecular weight excluding hydrogens is 298 g/mol. The Bertz CT molecular complexity index is 735. The Hall–Kier alpha value is -1.99. The highest BCUT2D eigenvalue weighted by molar-refractivity contribution is 5.88. The molecule has 1 atom stereocenters. The van der Waals surface area contributed by atoms with Gasteiger partial charge in [-0.2, -0.15) is 5.26 Å². The molecule has 3 rings (SSSR count). The Kier molecular flexibility index (Phi) is 5.11. The van der Waals surface area contributed by atoms with E-state index in [0.29, 0.717) is 5.92 Å². The summed E-state index contributed by atoms with van der Waals surface area (Å²) in [6.45, 7) is 7.29. The van der Waals surface area contributed by atoms with E-state index < -0.39 is 0 Å². The Balaban J connectivity index is 1.71. The molecule has 4 heteroatoms. The molecule has 0 bridgehead atoms. The van der Waals surface area contributed by atoms with Gasteiger partial charge in [-0.05, 0) is 69.8 Å². The Morgan fingerprint density at radius 1 is 1.42 bits per heavy atom. The van der Waals surface area contributed by atoms with Crippen LogP contribution in [-0.4, -0.2) is 30.1 Å². The summed E-state index contributed by atoms with van der Waals surface area (Å²) in [6.07, 6.45) is 5.43. The van der Waals surface area contributed by atoms with Gasteiger partial charge in [0.1, 0.15) is 5.75 Å². The summed E-state index contributed by atoms with van der Waals surface area (Å²) in [7, 11) is 1.76. The molecule has 0 spiro atoms. The molecule has 0 saturated carbocycles. The monoisotopic (exact) mass is 325 g/mol. The van der Waals surface area contributed by atoms with Crippen LogP contribution in [-0.2, 0) is 6.54 Å². The molecule has 0 amide bonds. The standard InChI is InChI=1S/C20H27N3O/c1-14(12-21)10-16-5-8-23(9-6-16)13-18-17-4-7-22-20(17)15(2)11-19(18)24-3/h4,7,11,14,16,22H,5-6,8-10,13H2,1-3H3. The highest BCUT2D eigenvalue weighted by Crippen LogP contribution is 2.33. The summed E-state index contributed by atoms with van der Waals surface area (Å²) >= 11 is 0. The van der Waals surface area contributed by atoms with Crippen LogP contribution in [0.15, 0.2) is 18.3 Å². The zero-order valence-electron chi connectivity index (χ0n) is 14.9. The van der Waals surface area contributed by atoms with Gasteiger partial charge in [0.15, 0.2) is 0 Å². The van der Waals surface area contributed by atoms with Gasteiger partial charge in [-0.1, -0.05) is 0 Å². The zero-order valence-corrected chi connectivity index (χ0v) is 14.9. The largest absolute Gasteiger partial charge is 0.496 e. The number of H-pyrrole nitrogens is 1. The third-order valence-electron chi connectivity index (χ3n) is 5.33. The molecule has 0 aliphatic carbocycles. The van der Waals surface area contributed by atoms with Crippen molar-refractivity contribution < 1.29 is 4.74 Å². The van der Waals surface area contributed by atoms with Crippen LogP contribution in [0, 0.1) is 30.1 Å². The van der Waals surface area contributed by atoms with E-state index in [1.807, 2.05) is 13.1 Å². The van der Waals surface area contributed by atoms with E-state index in [1.54, 1.807) is 7.11 Å². The van der Waals surface area contributed by atoms with Crippen molar-refractivity contribution in [1.29, 1.82) is 5.26 Å². The van der Waals surface area contributed by atoms with Crippen LogP contribution in [0.2, 0.25) is 0 Å². The summed E-state index contributed by atoms with van der Waals surface area (Å²) in [5.41, 5.74) is 3.71. The minimum absolute atomic E-state index is 0.179. The van der Waals surface area contributed by atoms with Crippen LogP contribution in [0.25, 0.3) is 10.9 Å². The Labute approximate surface area is 144 Å². The van der Waals surface area contributed by atoms with E-state index in [9.17, 15) is 0 Å². The Morgan fingerprint density at radius 3 is 2.83 bits per heavy atom. The average Bonchev–Trinajstić information content (AvgIpc) is 3.09. The van der Waals surface area contributed by atoms with E-state index in [-0.39, 0.29) is 5.92 Å². The molecule has 24 heavy (non-hydrogen) atoms. The number of rotatable bonds is 5. The molecule has 1 aliphatic rings. The van der Waals surface area contributed by atoms with Crippen molar-refractivity contribution >= 4 is 10.9 Å². The van der Waals surface area contributed by atoms with Crippen molar-refractivity contribution in [3.8, 4) is 11.8 Å². The van der Waals surface area contributed by atoms with Gasteiger partial charge in [-0.3, -0.25) is 4.90 Å². The van der Waals surface area contributed by atoms with Gasteiger partial charge in [-0.25, -0.2) is 0 Å². The number of nitrogens with zero attached hydrogens (tertiary/aromatic N) is 2. The fourth-order valence-corrected chi connectivity index (χ4v) is 3.94. The van der Waals surface area contributed by atoms with Gasteiger partial charge in [0.05, 0.1) is 13.2 Å². The summed E-state index contributed by atoms with van der Waals surface area (Å²) in [5, 5.41) is 10.3. The highest BCUT2D eigenvalue weighted by Gasteiger charge is 2.23. The molecule has 1 aromatic carbocycles. The summed E-state index contributed by atoms with van der Waals surface area (Å²) in [4.78, 5) is 5.87. The molecule has 1 saturated heterocycles. The fraction of sp³-hybridized carbons (Fsp3) is 0.550. The smallest absolute Gasteiger partial charge is 0.124 e. The van der Waals surface area contributed by atoms with E-state index >= 15 is 0 Å². The normalized spacial score (nSPS) is 17.8. The summed E-state index contributed by atoms with van der Waals surface area (Å²) in [5.74, 6) is 1.86. The number of methoxy groups -OCH3 is 1. The first-order valence-corrected chi connectivity index (χ1v) is 8.88. The number of likely N-dealkylation sites (tertiary alicyclic amines) is 1. The molecule has 2 heterocycles. The van der Waals surface area contributed by atoms with Crippen molar-refractivity contribution in [2.24, 2.45) is 11.8 Å². The van der Waals surface area contributed by atoms with Gasteiger partial charge in [0, 0.05) is 35.1 Å². The number of hydrogen-bond acceptors (Lipinski definition) is 3. The van der Waals surface area contributed by atoms with E-state index in [0.717, 1.165) is 31.8 Å². The third kappa shape index (κ3) is 3.42. The van der Waals surface area contributed by atoms with Crippen LogP contribution in [0.5, 0.6) is 5.75 Å². The van der Waals surface area contributed by atoms with E-state index in [1.165, 1.54) is 34.9 Å². The van der Waals surface area contributed by atoms with Gasteiger partial charge in [0.2, 0.25) is 0 Å². The van der Waals surface area contributed by atoms with Crippen LogP contribution < -0.4 is 4.74 Å². The van der Waals surface area contributed by atoms with Gasteiger partial charge in [0.25, 0.3) is 0 Å². The predicted octanol–water partition coefficient (Wildman–Crippen LogP) is 4.25. The first-order chi connectivity index (χ1) is 11.6. The number of aryl methyl sites for hydroxylation is 1. The second-order valence-electron chi connectivity index (χ2n) is 7.13. The first kappa shape index (κ1) is 16.9. The zero-order chi connectivity index (χ0) is 17.1. The van der Waals surface area contributed by atoms with Crippen LogP contribution in [0.1, 0.15) is 37.3 Å². The minimum Gasteiger partial charge on any atom is -0.496 e. The SMILES string of the molecule is COc1cc(C)c2[nH]ccc2c1CN1CCC(CC(C)C#N)CC1. The number of ether oxygens (including phenoxy) is 1. The number of piperidine rings is 1. The molecule has 1 fully saturated rings. The average molecular weight is 325 g/mol. The molecular formula is C20H27N3O. The van der Waals surface area contributed by atoms with Gasteiger partial charge >= 0.3 is 0 Å². The molecule has 128 valence electrons. The molecule has 1 aliphatic heterocycles. The summed E-state index contributed by atoms with van der Waals surface area (Å²) < 4.78 is 5.66. The number of benzene rings is 1. The number of hydrogen-bond donors (Lipinski definition) is 1. The van der Waals surface area contributed by atoms with Crippen molar-refractivity contribution in [2.75, 3.05) is 20.2 Å². The predicted molar refractivity (Wildman–Crippen MR) is 97.0 cm³/mol. The lowest BCUT2D eigenvalue weighted by Crippen LogP contribution is -2.33. The second kappa shape index (κ2) is 7.27. The third-order valence-corrected chi connectivity index (χ3v) is 5.33. The van der Waals surface area contributed by atoms with Gasteiger partial charge < -0.3 is 9.72 Å². The van der Waals surface area contributed by atoms with Crippen LogP contribution in [0.3, 0.4) is 0 Å². The maximum atomic E-state index is 9.00. The quantitative estimate of drug-likeness (QED) is 0.894. The maximum Gasteiger partial charge on any atom is 0.124 e. The van der Waals surface area contributed by atoms with Crippen molar-refractivity contribution in [1.82, 2.24) is 9.88 Å². The van der Waals surface area contributed by atoms with Gasteiger partial charge in [-0.15, -0.1) is 0 Å². The van der Waals surface area contributed by atoms with E-state index in [4.69, 9.17) is 10.00 Å².